The van der Waals surface area contributed by atoms with Gasteiger partial charge in [-0.25, -0.2) is 0 Å². The Morgan fingerprint density at radius 1 is 0.652 bits per heavy atom. The van der Waals surface area contributed by atoms with Crippen molar-refractivity contribution in [2.45, 2.75) is 32.5 Å². The van der Waals surface area contributed by atoms with Gasteiger partial charge in [-0.3, -0.25) is 9.59 Å². The highest BCUT2D eigenvalue weighted by Gasteiger charge is 2.08. The molecule has 0 N–H and O–H groups in total. The lowest BCUT2D eigenvalue weighted by molar-refractivity contribution is -0.146. The van der Waals surface area contributed by atoms with Crippen LogP contribution in [0.4, 0.5) is 0 Å². The van der Waals surface area contributed by atoms with E-state index in [1.54, 1.807) is 0 Å². The number of carbonyl (C=O) groups excluding carboxylic acids is 2. The number of benzene rings is 2. The summed E-state index contributed by atoms with van der Waals surface area (Å²) in [7, 11) is 0. The average Bonchev–Trinajstić information content (AvgIpc) is 2.60. The van der Waals surface area contributed by atoms with Crippen LogP contribution in [0, 0.1) is 0 Å². The first kappa shape index (κ1) is 16.7. The van der Waals surface area contributed by atoms with Gasteiger partial charge in [0.15, 0.2) is 0 Å². The molecule has 0 unspecified atom stereocenters. The Balaban J connectivity index is 1.57. The van der Waals surface area contributed by atoms with Gasteiger partial charge < -0.3 is 9.47 Å². The second-order valence-electron chi connectivity index (χ2n) is 5.15. The van der Waals surface area contributed by atoms with Crippen LogP contribution >= 0.6 is 0 Å². The number of rotatable bonds is 8. The highest BCUT2D eigenvalue weighted by Crippen LogP contribution is 2.06. The van der Waals surface area contributed by atoms with E-state index in [-0.39, 0.29) is 38.0 Å². The van der Waals surface area contributed by atoms with Gasteiger partial charge in [0.05, 0.1) is 0 Å². The van der Waals surface area contributed by atoms with Crippen molar-refractivity contribution in [3.8, 4) is 0 Å². The third-order valence-electron chi connectivity index (χ3n) is 3.25. The molecule has 2 aromatic carbocycles. The number of hydrogen-bond acceptors (Lipinski definition) is 4. The van der Waals surface area contributed by atoms with Gasteiger partial charge in [0, 0.05) is 12.8 Å². The van der Waals surface area contributed by atoms with E-state index in [1.807, 2.05) is 60.7 Å². The Morgan fingerprint density at radius 2 is 1.04 bits per heavy atom. The molecule has 2 aromatic rings. The summed E-state index contributed by atoms with van der Waals surface area (Å²) in [6, 6.07) is 19.0. The van der Waals surface area contributed by atoms with Crippen molar-refractivity contribution < 1.29 is 19.1 Å². The molecule has 0 aromatic heterocycles. The summed E-state index contributed by atoms with van der Waals surface area (Å²) in [6.07, 6.45) is 0.863. The molecule has 0 aliphatic heterocycles. The maximum Gasteiger partial charge on any atom is 0.306 e. The predicted molar refractivity (Wildman–Crippen MR) is 86.3 cm³/mol. The monoisotopic (exact) mass is 312 g/mol. The van der Waals surface area contributed by atoms with Crippen molar-refractivity contribution >= 4 is 11.9 Å². The Hall–Kier alpha value is -2.62. The van der Waals surface area contributed by atoms with Crippen molar-refractivity contribution in [2.24, 2.45) is 0 Å². The fourth-order valence-electron chi connectivity index (χ4n) is 2.00. The molecule has 0 saturated carbocycles. The first-order valence-electron chi connectivity index (χ1n) is 7.63. The molecular weight excluding hydrogens is 292 g/mol. The summed E-state index contributed by atoms with van der Waals surface area (Å²) in [5, 5.41) is 0. The molecule has 4 nitrogen and oxygen atoms in total. The maximum absolute atomic E-state index is 11.6. The van der Waals surface area contributed by atoms with Crippen LogP contribution in [0.5, 0.6) is 0 Å². The second-order valence-corrected chi connectivity index (χ2v) is 5.15. The molecular formula is C19H20O4. The van der Waals surface area contributed by atoms with Crippen LogP contribution in [0.15, 0.2) is 60.7 Å². The largest absolute Gasteiger partial charge is 0.461 e. The molecule has 23 heavy (non-hydrogen) atoms. The van der Waals surface area contributed by atoms with Crippen LogP contribution in [0.3, 0.4) is 0 Å². The summed E-state index contributed by atoms with van der Waals surface area (Å²) < 4.78 is 10.3. The molecule has 0 amide bonds. The minimum atomic E-state index is -0.301. The van der Waals surface area contributed by atoms with E-state index >= 15 is 0 Å². The zero-order valence-electron chi connectivity index (χ0n) is 12.9. The fraction of sp³-hybridized carbons (Fsp3) is 0.263. The molecule has 0 aliphatic rings. The van der Waals surface area contributed by atoms with Gasteiger partial charge >= 0.3 is 11.9 Å². The van der Waals surface area contributed by atoms with Crippen molar-refractivity contribution in [3.63, 3.8) is 0 Å². The van der Waals surface area contributed by atoms with Gasteiger partial charge in [0.25, 0.3) is 0 Å². The van der Waals surface area contributed by atoms with Crippen LogP contribution < -0.4 is 0 Å². The molecule has 0 heterocycles. The first-order chi connectivity index (χ1) is 11.2. The zero-order valence-corrected chi connectivity index (χ0v) is 12.9. The molecule has 0 radical (unpaired) electrons. The molecule has 0 spiro atoms. The molecule has 0 aliphatic carbocycles. The summed E-state index contributed by atoms with van der Waals surface area (Å²) in [5.41, 5.74) is 1.89. The summed E-state index contributed by atoms with van der Waals surface area (Å²) in [6.45, 7) is 0.524. The highest BCUT2D eigenvalue weighted by atomic mass is 16.5. The predicted octanol–water partition coefficient (Wildman–Crippen LogP) is 3.64. The fourth-order valence-corrected chi connectivity index (χ4v) is 2.00. The molecule has 120 valence electrons. The van der Waals surface area contributed by atoms with Crippen LogP contribution in [0.2, 0.25) is 0 Å². The smallest absolute Gasteiger partial charge is 0.306 e. The van der Waals surface area contributed by atoms with E-state index < -0.39 is 0 Å². The van der Waals surface area contributed by atoms with Crippen LogP contribution in [-0.4, -0.2) is 11.9 Å². The quantitative estimate of drug-likeness (QED) is 0.698. The molecule has 0 fully saturated rings. The second kappa shape index (κ2) is 9.41. The van der Waals surface area contributed by atoms with E-state index in [1.165, 1.54) is 0 Å². The third-order valence-corrected chi connectivity index (χ3v) is 3.25. The molecule has 2 rings (SSSR count). The van der Waals surface area contributed by atoms with Crippen molar-refractivity contribution in [3.05, 3.63) is 71.8 Å². The van der Waals surface area contributed by atoms with E-state index in [2.05, 4.69) is 0 Å². The Morgan fingerprint density at radius 3 is 1.43 bits per heavy atom. The van der Waals surface area contributed by atoms with Crippen LogP contribution in [0.1, 0.15) is 30.4 Å². The van der Waals surface area contributed by atoms with Gasteiger partial charge in [0.2, 0.25) is 0 Å². The van der Waals surface area contributed by atoms with Gasteiger partial charge in [-0.15, -0.1) is 0 Å². The molecule has 0 saturated heterocycles. The first-order valence-corrected chi connectivity index (χ1v) is 7.63. The Bertz CT molecular complexity index is 552. The molecule has 0 bridgehead atoms. The van der Waals surface area contributed by atoms with Crippen LogP contribution in [-0.2, 0) is 32.3 Å². The zero-order chi connectivity index (χ0) is 16.3. The standard InChI is InChI=1S/C19H20O4/c20-18(22-14-16-8-3-1-4-9-16)12-7-13-19(21)23-15-17-10-5-2-6-11-17/h1-6,8-11H,7,12-15H2. The number of hydrogen-bond donors (Lipinski definition) is 0. The Labute approximate surface area is 136 Å². The highest BCUT2D eigenvalue weighted by molar-refractivity contribution is 5.72. The minimum absolute atomic E-state index is 0.216. The third kappa shape index (κ3) is 6.78. The maximum atomic E-state index is 11.6. The topological polar surface area (TPSA) is 52.6 Å². The summed E-state index contributed by atoms with van der Waals surface area (Å²) in [4.78, 5) is 23.2. The van der Waals surface area contributed by atoms with E-state index in [4.69, 9.17) is 9.47 Å². The van der Waals surface area contributed by atoms with Gasteiger partial charge in [-0.1, -0.05) is 60.7 Å². The summed E-state index contributed by atoms with van der Waals surface area (Å²) in [5.74, 6) is -0.602. The van der Waals surface area contributed by atoms with Crippen molar-refractivity contribution in [1.29, 1.82) is 0 Å². The van der Waals surface area contributed by atoms with Gasteiger partial charge in [-0.05, 0) is 17.5 Å². The lowest BCUT2D eigenvalue weighted by Gasteiger charge is -2.06. The van der Waals surface area contributed by atoms with E-state index in [0.717, 1.165) is 11.1 Å². The average molecular weight is 312 g/mol. The minimum Gasteiger partial charge on any atom is -0.461 e. The van der Waals surface area contributed by atoms with Crippen molar-refractivity contribution in [1.82, 2.24) is 0 Å². The van der Waals surface area contributed by atoms with Gasteiger partial charge in [-0.2, -0.15) is 0 Å². The number of carbonyl (C=O) groups is 2. The van der Waals surface area contributed by atoms with Crippen molar-refractivity contribution in [2.75, 3.05) is 0 Å². The number of esters is 2. The van der Waals surface area contributed by atoms with Crippen LogP contribution in [0.25, 0.3) is 0 Å². The lowest BCUT2D eigenvalue weighted by Crippen LogP contribution is -2.08. The molecule has 4 heteroatoms. The van der Waals surface area contributed by atoms with Gasteiger partial charge in [0.1, 0.15) is 13.2 Å². The SMILES string of the molecule is O=C(CCCC(=O)OCc1ccccc1)OCc1ccccc1. The summed E-state index contributed by atoms with van der Waals surface area (Å²) >= 11 is 0. The number of ether oxygens (including phenoxy) is 2. The van der Waals surface area contributed by atoms with E-state index in [0.29, 0.717) is 6.42 Å². The lowest BCUT2D eigenvalue weighted by atomic mass is 10.2. The normalized spacial score (nSPS) is 10.1. The van der Waals surface area contributed by atoms with E-state index in [9.17, 15) is 9.59 Å². The Kier molecular flexibility index (Phi) is 6.85. The molecule has 0 atom stereocenters.